The van der Waals surface area contributed by atoms with Crippen molar-refractivity contribution < 1.29 is 9.13 Å². The summed E-state index contributed by atoms with van der Waals surface area (Å²) in [5.74, 6) is 1.08. The lowest BCUT2D eigenvalue weighted by Gasteiger charge is -2.29. The predicted molar refractivity (Wildman–Crippen MR) is 135 cm³/mol. The second-order valence-electron chi connectivity index (χ2n) is 7.35. The van der Waals surface area contributed by atoms with Gasteiger partial charge in [-0.05, 0) is 48.4 Å². The zero-order chi connectivity index (χ0) is 20.5. The van der Waals surface area contributed by atoms with E-state index in [0.29, 0.717) is 31.4 Å². The third-order valence-electron chi connectivity index (χ3n) is 4.88. The van der Waals surface area contributed by atoms with Crippen molar-refractivity contribution in [2.24, 2.45) is 10.9 Å². The molecule has 1 aliphatic heterocycles. The van der Waals surface area contributed by atoms with Crippen LogP contribution in [0.5, 0.6) is 0 Å². The number of morpholine rings is 1. The molecule has 0 amide bonds. The Balaban J connectivity index is 0.00000320. The molecule has 8 heteroatoms. The highest BCUT2D eigenvalue weighted by Crippen LogP contribution is 2.22. The molecule has 0 bridgehead atoms. The van der Waals surface area contributed by atoms with Crippen molar-refractivity contribution in [3.63, 3.8) is 0 Å². The van der Waals surface area contributed by atoms with Gasteiger partial charge in [0.2, 0.25) is 0 Å². The van der Waals surface area contributed by atoms with Crippen LogP contribution in [0, 0.1) is 11.7 Å². The number of hydrogen-bond acceptors (Lipinski definition) is 4. The molecule has 3 rings (SSSR count). The number of guanidine groups is 1. The van der Waals surface area contributed by atoms with E-state index in [9.17, 15) is 4.39 Å². The van der Waals surface area contributed by atoms with Crippen LogP contribution >= 0.6 is 35.3 Å². The SMILES string of the molecule is CCNC(=NCc1ccc(N2CCOCC2)c(F)c1)NCC(C)Cc1cccs1.I. The van der Waals surface area contributed by atoms with E-state index in [2.05, 4.69) is 40.1 Å². The highest BCUT2D eigenvalue weighted by Gasteiger charge is 2.15. The van der Waals surface area contributed by atoms with Crippen LogP contribution in [0.3, 0.4) is 0 Å². The minimum Gasteiger partial charge on any atom is -0.378 e. The summed E-state index contributed by atoms with van der Waals surface area (Å²) in [6.07, 6.45) is 1.05. The van der Waals surface area contributed by atoms with Crippen LogP contribution in [0.25, 0.3) is 0 Å². The zero-order valence-corrected chi connectivity index (χ0v) is 20.8. The Hall–Kier alpha value is -1.39. The Labute approximate surface area is 200 Å². The summed E-state index contributed by atoms with van der Waals surface area (Å²) < 4.78 is 19.9. The van der Waals surface area contributed by atoms with Gasteiger partial charge in [-0.2, -0.15) is 0 Å². The van der Waals surface area contributed by atoms with E-state index in [1.807, 2.05) is 24.0 Å². The first-order valence-corrected chi connectivity index (χ1v) is 11.2. The molecule has 2 aromatic rings. The monoisotopic (exact) mass is 546 g/mol. The summed E-state index contributed by atoms with van der Waals surface area (Å²) in [5, 5.41) is 8.79. The van der Waals surface area contributed by atoms with Crippen molar-refractivity contribution in [3.8, 4) is 0 Å². The smallest absolute Gasteiger partial charge is 0.191 e. The summed E-state index contributed by atoms with van der Waals surface area (Å²) in [4.78, 5) is 8.07. The molecule has 2 heterocycles. The zero-order valence-electron chi connectivity index (χ0n) is 17.7. The first-order valence-electron chi connectivity index (χ1n) is 10.3. The third-order valence-corrected chi connectivity index (χ3v) is 5.77. The fourth-order valence-electron chi connectivity index (χ4n) is 3.34. The number of rotatable bonds is 8. The molecule has 0 saturated carbocycles. The standard InChI is InChI=1S/C22H31FN4OS.HI/c1-3-24-22(25-15-17(2)13-19-5-4-12-29-19)26-16-18-6-7-21(20(23)14-18)27-8-10-28-11-9-27;/h4-7,12,14,17H,3,8-11,13,15-16H2,1-2H3,(H2,24,25,26);1H. The number of benzene rings is 1. The van der Waals surface area contributed by atoms with E-state index in [1.165, 1.54) is 4.88 Å². The number of nitrogens with zero attached hydrogens (tertiary/aromatic N) is 2. The molecule has 5 nitrogen and oxygen atoms in total. The summed E-state index contributed by atoms with van der Waals surface area (Å²) in [5.41, 5.74) is 1.51. The van der Waals surface area contributed by atoms with Crippen LogP contribution in [0.4, 0.5) is 10.1 Å². The van der Waals surface area contributed by atoms with Gasteiger partial charge in [0.15, 0.2) is 5.96 Å². The second-order valence-corrected chi connectivity index (χ2v) is 8.38. The van der Waals surface area contributed by atoms with Crippen molar-refractivity contribution in [1.29, 1.82) is 0 Å². The second kappa shape index (κ2) is 13.1. The van der Waals surface area contributed by atoms with Gasteiger partial charge in [-0.15, -0.1) is 35.3 Å². The van der Waals surface area contributed by atoms with Crippen LogP contribution in [0.2, 0.25) is 0 Å². The lowest BCUT2D eigenvalue weighted by atomic mass is 10.1. The van der Waals surface area contributed by atoms with Gasteiger partial charge in [-0.3, -0.25) is 0 Å². The number of ether oxygens (including phenoxy) is 1. The van der Waals surface area contributed by atoms with Crippen LogP contribution in [0.15, 0.2) is 40.7 Å². The van der Waals surface area contributed by atoms with Crippen molar-refractivity contribution >= 4 is 47.0 Å². The molecule has 2 N–H and O–H groups in total. The van der Waals surface area contributed by atoms with Gasteiger partial charge in [0, 0.05) is 31.1 Å². The molecule has 1 saturated heterocycles. The van der Waals surface area contributed by atoms with Crippen molar-refractivity contribution in [2.75, 3.05) is 44.3 Å². The first-order chi connectivity index (χ1) is 14.2. The summed E-state index contributed by atoms with van der Waals surface area (Å²) >= 11 is 1.80. The molecule has 1 aliphatic rings. The molecular weight excluding hydrogens is 514 g/mol. The van der Waals surface area contributed by atoms with Gasteiger partial charge >= 0.3 is 0 Å². The molecule has 166 valence electrons. The van der Waals surface area contributed by atoms with Crippen molar-refractivity contribution in [1.82, 2.24) is 10.6 Å². The van der Waals surface area contributed by atoms with Crippen molar-refractivity contribution in [2.45, 2.75) is 26.8 Å². The molecule has 1 atom stereocenters. The number of thiophene rings is 1. The van der Waals surface area contributed by atoms with Gasteiger partial charge in [0.1, 0.15) is 5.82 Å². The maximum atomic E-state index is 14.6. The molecule has 1 fully saturated rings. The topological polar surface area (TPSA) is 48.9 Å². The maximum Gasteiger partial charge on any atom is 0.191 e. The predicted octanol–water partition coefficient (Wildman–Crippen LogP) is 4.28. The largest absolute Gasteiger partial charge is 0.378 e. The highest BCUT2D eigenvalue weighted by atomic mass is 127. The first kappa shape index (κ1) is 24.9. The average Bonchev–Trinajstić information content (AvgIpc) is 3.24. The lowest BCUT2D eigenvalue weighted by molar-refractivity contribution is 0.122. The van der Waals surface area contributed by atoms with Gasteiger partial charge in [0.05, 0.1) is 25.4 Å². The quantitative estimate of drug-likeness (QED) is 0.295. The molecule has 0 aliphatic carbocycles. The van der Waals surface area contributed by atoms with E-state index >= 15 is 0 Å². The molecule has 0 spiro atoms. The molecule has 1 aromatic heterocycles. The van der Waals surface area contributed by atoms with Gasteiger partial charge in [-0.25, -0.2) is 9.38 Å². The van der Waals surface area contributed by atoms with Gasteiger partial charge in [-0.1, -0.05) is 19.1 Å². The highest BCUT2D eigenvalue weighted by molar-refractivity contribution is 14.0. The van der Waals surface area contributed by atoms with Crippen LogP contribution < -0.4 is 15.5 Å². The Morgan fingerprint density at radius 1 is 1.27 bits per heavy atom. The van der Waals surface area contributed by atoms with Crippen LogP contribution in [-0.4, -0.2) is 45.4 Å². The fourth-order valence-corrected chi connectivity index (χ4v) is 4.21. The molecular formula is C22H32FIN4OS. The number of nitrogens with one attached hydrogen (secondary N) is 2. The molecule has 0 radical (unpaired) electrons. The number of aliphatic imine (C=N–C) groups is 1. The third kappa shape index (κ3) is 7.70. The van der Waals surface area contributed by atoms with Crippen LogP contribution in [0.1, 0.15) is 24.3 Å². The Kier molecular flexibility index (Phi) is 10.9. The summed E-state index contributed by atoms with van der Waals surface area (Å²) in [6, 6.07) is 9.68. The van der Waals surface area contributed by atoms with E-state index in [0.717, 1.165) is 44.1 Å². The number of hydrogen-bond donors (Lipinski definition) is 2. The Bertz CT molecular complexity index is 781. The maximum absolute atomic E-state index is 14.6. The van der Waals surface area contributed by atoms with Crippen molar-refractivity contribution in [3.05, 3.63) is 52.0 Å². The van der Waals surface area contributed by atoms with E-state index in [1.54, 1.807) is 17.4 Å². The lowest BCUT2D eigenvalue weighted by Crippen LogP contribution is -2.39. The van der Waals surface area contributed by atoms with E-state index in [-0.39, 0.29) is 29.8 Å². The molecule has 30 heavy (non-hydrogen) atoms. The normalized spacial score (nSPS) is 15.4. The molecule has 1 unspecified atom stereocenters. The minimum absolute atomic E-state index is 0. The van der Waals surface area contributed by atoms with E-state index < -0.39 is 0 Å². The van der Waals surface area contributed by atoms with Gasteiger partial charge < -0.3 is 20.3 Å². The van der Waals surface area contributed by atoms with E-state index in [4.69, 9.17) is 4.74 Å². The Morgan fingerprint density at radius 3 is 2.73 bits per heavy atom. The summed E-state index contributed by atoms with van der Waals surface area (Å²) in [6.45, 7) is 9.10. The van der Waals surface area contributed by atoms with Gasteiger partial charge in [0.25, 0.3) is 0 Å². The Morgan fingerprint density at radius 2 is 2.07 bits per heavy atom. The number of anilines is 1. The van der Waals surface area contributed by atoms with Crippen LogP contribution in [-0.2, 0) is 17.7 Å². The minimum atomic E-state index is -0.192. The average molecular weight is 546 g/mol. The number of halogens is 2. The molecule has 1 aromatic carbocycles. The summed E-state index contributed by atoms with van der Waals surface area (Å²) in [7, 11) is 0. The fraction of sp³-hybridized carbons (Fsp3) is 0.500.